The first-order chi connectivity index (χ1) is 19.4. The van der Waals surface area contributed by atoms with Crippen molar-refractivity contribution in [3.8, 4) is 23.0 Å². The molecule has 0 amide bonds. The predicted molar refractivity (Wildman–Crippen MR) is 157 cm³/mol. The molecule has 1 aliphatic carbocycles. The van der Waals surface area contributed by atoms with Gasteiger partial charge in [0.25, 0.3) is 0 Å². The minimum atomic E-state index is -4.09. The van der Waals surface area contributed by atoms with Gasteiger partial charge in [-0.25, -0.2) is 9.09 Å². The lowest BCUT2D eigenvalue weighted by Crippen LogP contribution is -2.26. The van der Waals surface area contributed by atoms with E-state index in [1.54, 1.807) is 48.5 Å². The standard InChI is InChI=1S/C33H37O6P/c1-4-5-8-13-26-21-31(33-30-20-24(2)18-19-29(30)25(3)37-32(33)22-26)35-23-36-40(34,38-27-14-9-6-10-15-27)39-28-16-11-7-12-17-28/h6-7,9-12,14-17,20-22,29-30H,3-5,8,13,18-19,23H2,1-2H3. The lowest BCUT2D eigenvalue weighted by atomic mass is 9.74. The van der Waals surface area contributed by atoms with Crippen LogP contribution < -0.4 is 18.5 Å². The Morgan fingerprint density at radius 2 is 1.65 bits per heavy atom. The Balaban J connectivity index is 1.42. The third kappa shape index (κ3) is 6.80. The van der Waals surface area contributed by atoms with Crippen molar-refractivity contribution < 1.29 is 27.6 Å². The summed E-state index contributed by atoms with van der Waals surface area (Å²) in [5.41, 5.74) is 3.43. The van der Waals surface area contributed by atoms with Gasteiger partial charge >= 0.3 is 7.82 Å². The van der Waals surface area contributed by atoms with E-state index in [1.165, 1.54) is 5.57 Å². The van der Waals surface area contributed by atoms with Gasteiger partial charge in [-0.05, 0) is 74.6 Å². The highest BCUT2D eigenvalue weighted by Crippen LogP contribution is 2.53. The highest BCUT2D eigenvalue weighted by Gasteiger charge is 2.38. The number of phosphoric acid groups is 1. The van der Waals surface area contributed by atoms with Crippen molar-refractivity contribution in [2.24, 2.45) is 5.92 Å². The van der Waals surface area contributed by atoms with E-state index in [9.17, 15) is 4.57 Å². The van der Waals surface area contributed by atoms with Crippen LogP contribution >= 0.6 is 7.82 Å². The van der Waals surface area contributed by atoms with Crippen molar-refractivity contribution in [2.45, 2.75) is 58.3 Å². The van der Waals surface area contributed by atoms with Gasteiger partial charge in [0.15, 0.2) is 0 Å². The molecule has 2 unspecified atom stereocenters. The number of phosphoric ester groups is 1. The van der Waals surface area contributed by atoms with Crippen LogP contribution in [0.25, 0.3) is 0 Å². The smallest absolute Gasteiger partial charge is 0.466 e. The van der Waals surface area contributed by atoms with Crippen molar-refractivity contribution >= 4 is 7.82 Å². The summed E-state index contributed by atoms with van der Waals surface area (Å²) >= 11 is 0. The van der Waals surface area contributed by atoms with Crippen molar-refractivity contribution in [1.82, 2.24) is 0 Å². The minimum Gasteiger partial charge on any atom is -0.466 e. The number of ether oxygens (including phenoxy) is 2. The molecule has 40 heavy (non-hydrogen) atoms. The maximum absolute atomic E-state index is 13.8. The molecule has 0 fully saturated rings. The molecule has 6 nitrogen and oxygen atoms in total. The number of benzene rings is 3. The SMILES string of the molecule is C=C1Oc2cc(CCCCC)cc(OCOP(=O)(Oc3ccccc3)Oc3ccccc3)c2C2C=C(C)CCC12. The molecule has 1 aliphatic heterocycles. The Bertz CT molecular complexity index is 1340. The van der Waals surface area contributed by atoms with Gasteiger partial charge in [0.1, 0.15) is 28.8 Å². The van der Waals surface area contributed by atoms with Gasteiger partial charge in [0.2, 0.25) is 6.79 Å². The van der Waals surface area contributed by atoms with Crippen LogP contribution in [0.2, 0.25) is 0 Å². The fraction of sp³-hybridized carbons (Fsp3) is 0.333. The molecule has 0 N–H and O–H groups in total. The largest absolute Gasteiger partial charge is 0.590 e. The summed E-state index contributed by atoms with van der Waals surface area (Å²) in [5, 5.41) is 0. The van der Waals surface area contributed by atoms with E-state index in [1.807, 2.05) is 12.1 Å². The molecule has 0 aromatic heterocycles. The van der Waals surface area contributed by atoms with Gasteiger partial charge in [-0.15, -0.1) is 0 Å². The van der Waals surface area contributed by atoms with E-state index in [4.69, 9.17) is 23.0 Å². The summed E-state index contributed by atoms with van der Waals surface area (Å²) in [4.78, 5) is 0. The fourth-order valence-corrected chi connectivity index (χ4v) is 6.37. The van der Waals surface area contributed by atoms with Crippen LogP contribution in [0.3, 0.4) is 0 Å². The van der Waals surface area contributed by atoms with E-state index >= 15 is 0 Å². The van der Waals surface area contributed by atoms with E-state index < -0.39 is 7.82 Å². The average molecular weight is 561 g/mol. The second-order valence-corrected chi connectivity index (χ2v) is 11.9. The van der Waals surface area contributed by atoms with E-state index in [-0.39, 0.29) is 18.6 Å². The predicted octanol–water partition coefficient (Wildman–Crippen LogP) is 9.38. The topological polar surface area (TPSA) is 63.2 Å². The number of hydrogen-bond acceptors (Lipinski definition) is 6. The zero-order chi connectivity index (χ0) is 28.0. The molecular weight excluding hydrogens is 523 g/mol. The van der Waals surface area contributed by atoms with E-state index in [0.717, 1.165) is 61.2 Å². The Morgan fingerprint density at radius 1 is 0.975 bits per heavy atom. The molecule has 7 heteroatoms. The third-order valence-corrected chi connectivity index (χ3v) is 8.60. The number of para-hydroxylation sites is 2. The fourth-order valence-electron chi connectivity index (χ4n) is 5.29. The summed E-state index contributed by atoms with van der Waals surface area (Å²) in [6.07, 6.45) is 8.56. The van der Waals surface area contributed by atoms with Crippen LogP contribution in [0.5, 0.6) is 23.0 Å². The summed E-state index contributed by atoms with van der Waals surface area (Å²) < 4.78 is 43.6. The number of rotatable bonds is 12. The molecule has 1 heterocycles. The van der Waals surface area contributed by atoms with Gasteiger partial charge < -0.3 is 18.5 Å². The number of aryl methyl sites for hydroxylation is 1. The molecule has 0 spiro atoms. The molecule has 0 radical (unpaired) electrons. The molecule has 2 aliphatic rings. The third-order valence-electron chi connectivity index (χ3n) is 7.31. The molecule has 0 saturated carbocycles. The molecule has 5 rings (SSSR count). The van der Waals surface area contributed by atoms with Crippen molar-refractivity contribution in [2.75, 3.05) is 6.79 Å². The Labute approximate surface area is 237 Å². The first-order valence-corrected chi connectivity index (χ1v) is 15.5. The second-order valence-electron chi connectivity index (χ2n) is 10.4. The molecule has 3 aromatic carbocycles. The Hall–Kier alpha value is -3.47. The maximum Gasteiger partial charge on any atom is 0.590 e. The van der Waals surface area contributed by atoms with Gasteiger partial charge in [0.05, 0.1) is 0 Å². The zero-order valence-electron chi connectivity index (χ0n) is 23.2. The van der Waals surface area contributed by atoms with Crippen LogP contribution in [-0.4, -0.2) is 6.79 Å². The van der Waals surface area contributed by atoms with Crippen molar-refractivity contribution in [3.63, 3.8) is 0 Å². The molecule has 3 aromatic rings. The van der Waals surface area contributed by atoms with Crippen LogP contribution in [0.1, 0.15) is 63.0 Å². The number of unbranched alkanes of at least 4 members (excludes halogenated alkanes) is 2. The van der Waals surface area contributed by atoms with Gasteiger partial charge in [0, 0.05) is 17.4 Å². The Morgan fingerprint density at radius 3 is 2.30 bits per heavy atom. The summed E-state index contributed by atoms with van der Waals surface area (Å²) in [6, 6.07) is 21.8. The molecule has 2 atom stereocenters. The van der Waals surface area contributed by atoms with Crippen LogP contribution in [0, 0.1) is 5.92 Å². The van der Waals surface area contributed by atoms with Gasteiger partial charge in [-0.3, -0.25) is 0 Å². The van der Waals surface area contributed by atoms with Gasteiger partial charge in [-0.2, -0.15) is 0 Å². The summed E-state index contributed by atoms with van der Waals surface area (Å²) in [7, 11) is -4.09. The van der Waals surface area contributed by atoms with Crippen molar-refractivity contribution in [3.05, 3.63) is 108 Å². The zero-order valence-corrected chi connectivity index (χ0v) is 24.1. The van der Waals surface area contributed by atoms with Gasteiger partial charge in [-0.1, -0.05) is 74.4 Å². The summed E-state index contributed by atoms with van der Waals surface area (Å²) in [6.45, 7) is 8.27. The van der Waals surface area contributed by atoms with Crippen LogP contribution in [0.4, 0.5) is 0 Å². The molecule has 0 saturated heterocycles. The molecule has 210 valence electrons. The lowest BCUT2D eigenvalue weighted by molar-refractivity contribution is 0.0865. The van der Waals surface area contributed by atoms with E-state index in [2.05, 4.69) is 38.6 Å². The first-order valence-electron chi connectivity index (χ1n) is 14.0. The van der Waals surface area contributed by atoms with E-state index in [0.29, 0.717) is 17.2 Å². The molecule has 0 bridgehead atoms. The first kappa shape index (κ1) is 28.1. The second kappa shape index (κ2) is 12.8. The molecular formula is C33H37O6P. The van der Waals surface area contributed by atoms with Crippen LogP contribution in [-0.2, 0) is 15.5 Å². The van der Waals surface area contributed by atoms with Crippen LogP contribution in [0.15, 0.2) is 96.8 Å². The quantitative estimate of drug-likeness (QED) is 0.0952. The maximum atomic E-state index is 13.8. The van der Waals surface area contributed by atoms with Crippen molar-refractivity contribution in [1.29, 1.82) is 0 Å². The normalized spacial score (nSPS) is 18.1. The Kier molecular flexibility index (Phi) is 8.98. The lowest BCUT2D eigenvalue weighted by Gasteiger charge is -2.37. The monoisotopic (exact) mass is 560 g/mol. The highest BCUT2D eigenvalue weighted by atomic mass is 31.2. The summed E-state index contributed by atoms with van der Waals surface area (Å²) in [5.74, 6) is 3.24. The number of allylic oxidation sites excluding steroid dienone is 3. The number of hydrogen-bond donors (Lipinski definition) is 0. The minimum absolute atomic E-state index is 0.0950. The number of fused-ring (bicyclic) bond motifs is 3. The highest BCUT2D eigenvalue weighted by molar-refractivity contribution is 7.49. The average Bonchev–Trinajstić information content (AvgIpc) is 2.94.